The second-order valence-electron chi connectivity index (χ2n) is 7.61. The summed E-state index contributed by atoms with van der Waals surface area (Å²) >= 11 is 0. The van der Waals surface area contributed by atoms with Crippen molar-refractivity contribution in [1.29, 1.82) is 0 Å². The van der Waals surface area contributed by atoms with Crippen LogP contribution in [0.1, 0.15) is 38.8 Å². The van der Waals surface area contributed by atoms with Gasteiger partial charge in [0.25, 0.3) is 0 Å². The number of nitrogens with one attached hydrogen (secondary N) is 2. The molecule has 7 nitrogen and oxygen atoms in total. The Labute approximate surface area is 171 Å². The van der Waals surface area contributed by atoms with Crippen LogP contribution in [-0.4, -0.2) is 47.4 Å². The lowest BCUT2D eigenvalue weighted by molar-refractivity contribution is -0.131. The van der Waals surface area contributed by atoms with E-state index in [4.69, 9.17) is 4.42 Å². The number of hydrogen-bond acceptors (Lipinski definition) is 5. The van der Waals surface area contributed by atoms with Crippen LogP contribution in [0.15, 0.2) is 41.0 Å². The summed E-state index contributed by atoms with van der Waals surface area (Å²) in [6, 6.07) is 9.28. The molecule has 0 spiro atoms. The van der Waals surface area contributed by atoms with E-state index in [-0.39, 0.29) is 17.7 Å². The van der Waals surface area contributed by atoms with Gasteiger partial charge in [0, 0.05) is 25.2 Å². The van der Waals surface area contributed by atoms with Crippen molar-refractivity contribution in [3.63, 3.8) is 0 Å². The van der Waals surface area contributed by atoms with Crippen molar-refractivity contribution in [2.75, 3.05) is 19.6 Å². The maximum Gasteiger partial charge on any atom is 0.242 e. The van der Waals surface area contributed by atoms with Crippen LogP contribution in [0.2, 0.25) is 0 Å². The van der Waals surface area contributed by atoms with Crippen LogP contribution in [0, 0.1) is 5.92 Å². The summed E-state index contributed by atoms with van der Waals surface area (Å²) < 4.78 is 5.62. The molecule has 1 saturated heterocycles. The van der Waals surface area contributed by atoms with Crippen LogP contribution >= 0.6 is 0 Å². The summed E-state index contributed by atoms with van der Waals surface area (Å²) in [4.78, 5) is 31.4. The molecule has 0 saturated carbocycles. The zero-order valence-electron chi connectivity index (χ0n) is 17.2. The molecule has 2 heterocycles. The predicted molar refractivity (Wildman–Crippen MR) is 111 cm³/mol. The summed E-state index contributed by atoms with van der Waals surface area (Å²) in [6.07, 6.45) is 4.34. The molecule has 1 fully saturated rings. The van der Waals surface area contributed by atoms with E-state index in [0.717, 1.165) is 37.1 Å². The zero-order valence-corrected chi connectivity index (χ0v) is 17.2. The Balaban J connectivity index is 1.52. The molecule has 1 aromatic carbocycles. The number of carbonyl (C=O) groups is 2. The van der Waals surface area contributed by atoms with Gasteiger partial charge in [-0.1, -0.05) is 25.1 Å². The van der Waals surface area contributed by atoms with Crippen LogP contribution < -0.4 is 10.6 Å². The van der Waals surface area contributed by atoms with Crippen LogP contribution in [-0.2, 0) is 16.1 Å². The quantitative estimate of drug-likeness (QED) is 0.714. The fourth-order valence-corrected chi connectivity index (χ4v) is 3.53. The van der Waals surface area contributed by atoms with Gasteiger partial charge in [0.15, 0.2) is 0 Å². The van der Waals surface area contributed by atoms with Gasteiger partial charge in [-0.05, 0) is 44.9 Å². The van der Waals surface area contributed by atoms with E-state index < -0.39 is 6.04 Å². The van der Waals surface area contributed by atoms with Crippen molar-refractivity contribution in [2.24, 2.45) is 5.92 Å². The minimum absolute atomic E-state index is 0.0565. The third-order valence-corrected chi connectivity index (χ3v) is 5.14. The molecule has 29 heavy (non-hydrogen) atoms. The van der Waals surface area contributed by atoms with Gasteiger partial charge in [0.2, 0.25) is 17.7 Å². The molecule has 7 heteroatoms. The molecule has 0 bridgehead atoms. The molecule has 0 aliphatic carbocycles. The van der Waals surface area contributed by atoms with Gasteiger partial charge < -0.3 is 15.1 Å². The first-order valence-corrected chi connectivity index (χ1v) is 10.4. The van der Waals surface area contributed by atoms with E-state index in [1.54, 1.807) is 13.2 Å². The highest BCUT2D eigenvalue weighted by molar-refractivity contribution is 5.88. The van der Waals surface area contributed by atoms with Crippen molar-refractivity contribution in [2.45, 2.75) is 45.7 Å². The fraction of sp³-hybridized carbons (Fsp3) is 0.500. The Morgan fingerprint density at radius 2 is 2.10 bits per heavy atom. The van der Waals surface area contributed by atoms with Crippen molar-refractivity contribution in [3.05, 3.63) is 42.3 Å². The SMILES string of the molecule is CCCNC(=O)[C@@H](C)NC(=O)[C@H]1CCCN(Cc2coc(-c3ccccc3)n2)C1. The number of oxazole rings is 1. The Hall–Kier alpha value is -2.67. The lowest BCUT2D eigenvalue weighted by Crippen LogP contribution is -2.49. The van der Waals surface area contributed by atoms with Crippen molar-refractivity contribution in [1.82, 2.24) is 20.5 Å². The fourth-order valence-electron chi connectivity index (χ4n) is 3.53. The number of benzene rings is 1. The average Bonchev–Trinajstić information content (AvgIpc) is 3.21. The van der Waals surface area contributed by atoms with Crippen molar-refractivity contribution >= 4 is 11.8 Å². The summed E-state index contributed by atoms with van der Waals surface area (Å²) in [6.45, 7) is 6.57. The summed E-state index contributed by atoms with van der Waals surface area (Å²) in [5, 5.41) is 5.67. The maximum atomic E-state index is 12.6. The van der Waals surface area contributed by atoms with E-state index >= 15 is 0 Å². The Bertz CT molecular complexity index is 805. The third-order valence-electron chi connectivity index (χ3n) is 5.14. The normalized spacial score (nSPS) is 18.2. The second kappa shape index (κ2) is 10.2. The Morgan fingerprint density at radius 1 is 1.31 bits per heavy atom. The highest BCUT2D eigenvalue weighted by Crippen LogP contribution is 2.22. The van der Waals surface area contributed by atoms with Crippen LogP contribution in [0.3, 0.4) is 0 Å². The molecule has 156 valence electrons. The van der Waals surface area contributed by atoms with Crippen LogP contribution in [0.25, 0.3) is 11.5 Å². The van der Waals surface area contributed by atoms with E-state index in [9.17, 15) is 9.59 Å². The highest BCUT2D eigenvalue weighted by atomic mass is 16.3. The smallest absolute Gasteiger partial charge is 0.242 e. The monoisotopic (exact) mass is 398 g/mol. The first kappa shape index (κ1) is 21.0. The standard InChI is InChI=1S/C22H30N4O3/c1-3-11-23-20(27)16(2)24-21(28)18-10-7-12-26(13-18)14-19-15-29-22(25-19)17-8-5-4-6-9-17/h4-6,8-9,15-16,18H,3,7,10-14H2,1-2H3,(H,23,27)(H,24,28)/t16-,18+/m1/s1. The van der Waals surface area contributed by atoms with E-state index in [1.165, 1.54) is 0 Å². The predicted octanol–water partition coefficient (Wildman–Crippen LogP) is 2.58. The van der Waals surface area contributed by atoms with Crippen molar-refractivity contribution in [3.8, 4) is 11.5 Å². The Morgan fingerprint density at radius 3 is 2.86 bits per heavy atom. The number of nitrogens with zero attached hydrogens (tertiary/aromatic N) is 2. The number of rotatable bonds is 8. The van der Waals surface area contributed by atoms with Gasteiger partial charge >= 0.3 is 0 Å². The van der Waals surface area contributed by atoms with E-state index in [0.29, 0.717) is 25.5 Å². The number of aromatic nitrogens is 1. The number of carbonyl (C=O) groups excluding carboxylic acids is 2. The molecule has 2 N–H and O–H groups in total. The molecule has 0 radical (unpaired) electrons. The molecule has 2 amide bonds. The van der Waals surface area contributed by atoms with Crippen molar-refractivity contribution < 1.29 is 14.0 Å². The van der Waals surface area contributed by atoms with Gasteiger partial charge in [-0.3, -0.25) is 14.5 Å². The highest BCUT2D eigenvalue weighted by Gasteiger charge is 2.28. The number of piperidine rings is 1. The minimum atomic E-state index is -0.520. The molecular formula is C22H30N4O3. The largest absolute Gasteiger partial charge is 0.444 e. The lowest BCUT2D eigenvalue weighted by atomic mass is 9.96. The second-order valence-corrected chi connectivity index (χ2v) is 7.61. The van der Waals surface area contributed by atoms with Crippen LogP contribution in [0.5, 0.6) is 0 Å². The summed E-state index contributed by atoms with van der Waals surface area (Å²) in [5.41, 5.74) is 1.81. The van der Waals surface area contributed by atoms with Gasteiger partial charge in [-0.25, -0.2) is 4.98 Å². The van der Waals surface area contributed by atoms with Gasteiger partial charge in [-0.15, -0.1) is 0 Å². The first-order valence-electron chi connectivity index (χ1n) is 10.4. The minimum Gasteiger partial charge on any atom is -0.444 e. The maximum absolute atomic E-state index is 12.6. The van der Waals surface area contributed by atoms with Crippen LogP contribution in [0.4, 0.5) is 0 Å². The van der Waals surface area contributed by atoms with E-state index in [2.05, 4.69) is 20.5 Å². The molecule has 1 aliphatic rings. The number of amides is 2. The molecule has 2 atom stereocenters. The zero-order chi connectivity index (χ0) is 20.6. The lowest BCUT2D eigenvalue weighted by Gasteiger charge is -2.31. The summed E-state index contributed by atoms with van der Waals surface area (Å²) in [7, 11) is 0. The van der Waals surface area contributed by atoms with Gasteiger partial charge in [0.05, 0.1) is 11.6 Å². The molecule has 0 unspecified atom stereocenters. The van der Waals surface area contributed by atoms with Gasteiger partial charge in [0.1, 0.15) is 12.3 Å². The molecule has 1 aromatic heterocycles. The number of hydrogen-bond donors (Lipinski definition) is 2. The Kier molecular flexibility index (Phi) is 7.41. The average molecular weight is 399 g/mol. The summed E-state index contributed by atoms with van der Waals surface area (Å²) in [5.74, 6) is 0.298. The first-order chi connectivity index (χ1) is 14.1. The topological polar surface area (TPSA) is 87.5 Å². The van der Waals surface area contributed by atoms with Gasteiger partial charge in [-0.2, -0.15) is 0 Å². The molecular weight excluding hydrogens is 368 g/mol. The molecule has 2 aromatic rings. The molecule has 1 aliphatic heterocycles. The van der Waals surface area contributed by atoms with E-state index in [1.807, 2.05) is 37.3 Å². The molecule has 3 rings (SSSR count). The third kappa shape index (κ3) is 5.90. The number of likely N-dealkylation sites (tertiary alicyclic amines) is 1.